The lowest BCUT2D eigenvalue weighted by molar-refractivity contribution is -0.126. The SMILES string of the molecule is CC(C)(C(=O)NC1C[C@H]2CC[C@@H](C1)N2c1ccc(C(=O)NC2CC2)cn1)c1ccc(Cl)cc1. The Morgan fingerprint density at radius 1 is 0.939 bits per heavy atom. The second kappa shape index (κ2) is 8.64. The fourth-order valence-corrected chi connectivity index (χ4v) is 5.33. The number of hydrogen-bond donors (Lipinski definition) is 2. The molecule has 0 radical (unpaired) electrons. The highest BCUT2D eigenvalue weighted by molar-refractivity contribution is 6.30. The summed E-state index contributed by atoms with van der Waals surface area (Å²) in [6.45, 7) is 3.92. The Morgan fingerprint density at radius 3 is 2.18 bits per heavy atom. The summed E-state index contributed by atoms with van der Waals surface area (Å²) in [6.07, 6.45) is 7.85. The highest BCUT2D eigenvalue weighted by Gasteiger charge is 2.43. The third kappa shape index (κ3) is 4.58. The lowest BCUT2D eigenvalue weighted by atomic mass is 9.83. The van der Waals surface area contributed by atoms with Gasteiger partial charge in [0.25, 0.3) is 5.91 Å². The van der Waals surface area contributed by atoms with Crippen molar-refractivity contribution in [2.75, 3.05) is 4.90 Å². The van der Waals surface area contributed by atoms with Crippen LogP contribution in [-0.2, 0) is 10.2 Å². The van der Waals surface area contributed by atoms with E-state index in [9.17, 15) is 9.59 Å². The van der Waals surface area contributed by atoms with Gasteiger partial charge < -0.3 is 15.5 Å². The number of amides is 2. The van der Waals surface area contributed by atoms with Crippen LogP contribution >= 0.6 is 11.6 Å². The molecule has 2 aromatic rings. The minimum Gasteiger partial charge on any atom is -0.352 e. The Kier molecular flexibility index (Phi) is 5.81. The Hall–Kier alpha value is -2.60. The van der Waals surface area contributed by atoms with Gasteiger partial charge in [-0.15, -0.1) is 0 Å². The predicted octanol–water partition coefficient (Wildman–Crippen LogP) is 4.22. The normalized spacial score (nSPS) is 24.5. The molecule has 2 bridgehead atoms. The van der Waals surface area contributed by atoms with Crippen molar-refractivity contribution >= 4 is 29.2 Å². The van der Waals surface area contributed by atoms with E-state index in [1.54, 1.807) is 6.20 Å². The summed E-state index contributed by atoms with van der Waals surface area (Å²) in [5, 5.41) is 7.00. The molecule has 3 atom stereocenters. The second-order valence-electron chi connectivity index (χ2n) is 10.2. The zero-order valence-corrected chi connectivity index (χ0v) is 19.9. The average molecular weight is 467 g/mol. The zero-order valence-electron chi connectivity index (χ0n) is 19.2. The molecule has 1 unspecified atom stereocenters. The number of halogens is 1. The number of carbonyl (C=O) groups excluding carboxylic acids is 2. The molecule has 2 N–H and O–H groups in total. The first-order valence-electron chi connectivity index (χ1n) is 11.9. The van der Waals surface area contributed by atoms with Crippen LogP contribution in [0, 0.1) is 0 Å². The van der Waals surface area contributed by atoms with E-state index in [1.165, 1.54) is 0 Å². The van der Waals surface area contributed by atoms with E-state index in [0.29, 0.717) is 28.7 Å². The number of rotatable bonds is 6. The molecule has 3 fully saturated rings. The molecule has 1 aromatic heterocycles. The third-order valence-electron chi connectivity index (χ3n) is 7.39. The maximum Gasteiger partial charge on any atom is 0.253 e. The Bertz CT molecular complexity index is 1020. The predicted molar refractivity (Wildman–Crippen MR) is 130 cm³/mol. The number of fused-ring (bicyclic) bond motifs is 2. The van der Waals surface area contributed by atoms with Crippen LogP contribution < -0.4 is 15.5 Å². The number of pyridine rings is 1. The number of nitrogens with one attached hydrogen (secondary N) is 2. The standard InChI is InChI=1S/C26H31ClN4O2/c1-26(2,17-4-6-18(27)7-5-17)25(33)30-20-13-21-10-11-22(14-20)31(21)23-12-3-16(15-28-23)24(32)29-19-8-9-19/h3-7,12,15,19-22H,8-11,13-14H2,1-2H3,(H,29,32)(H,30,33)/t20?,21-,22+. The molecule has 2 amide bonds. The van der Waals surface area contributed by atoms with Gasteiger partial charge in [0.2, 0.25) is 5.91 Å². The molecule has 0 spiro atoms. The lowest BCUT2D eigenvalue weighted by Crippen LogP contribution is -2.53. The highest BCUT2D eigenvalue weighted by atomic mass is 35.5. The van der Waals surface area contributed by atoms with Crippen LogP contribution in [0.5, 0.6) is 0 Å². The molecule has 2 aliphatic heterocycles. The highest BCUT2D eigenvalue weighted by Crippen LogP contribution is 2.39. The van der Waals surface area contributed by atoms with Crippen LogP contribution in [-0.4, -0.2) is 41.0 Å². The Labute approximate surface area is 200 Å². The van der Waals surface area contributed by atoms with Crippen molar-refractivity contribution in [2.24, 2.45) is 0 Å². The number of nitrogens with zero attached hydrogens (tertiary/aromatic N) is 2. The number of benzene rings is 1. The first kappa shape index (κ1) is 22.2. The topological polar surface area (TPSA) is 74.3 Å². The second-order valence-corrected chi connectivity index (χ2v) is 10.7. The van der Waals surface area contributed by atoms with Gasteiger partial charge in [0, 0.05) is 35.4 Å². The van der Waals surface area contributed by atoms with Gasteiger partial charge in [-0.1, -0.05) is 23.7 Å². The maximum absolute atomic E-state index is 13.2. The van der Waals surface area contributed by atoms with Crippen molar-refractivity contribution < 1.29 is 9.59 Å². The van der Waals surface area contributed by atoms with Gasteiger partial charge in [0.1, 0.15) is 5.82 Å². The zero-order chi connectivity index (χ0) is 23.2. The summed E-state index contributed by atoms with van der Waals surface area (Å²) in [5.74, 6) is 0.938. The van der Waals surface area contributed by atoms with Crippen molar-refractivity contribution in [1.29, 1.82) is 0 Å². The van der Waals surface area contributed by atoms with E-state index in [4.69, 9.17) is 11.6 Å². The maximum atomic E-state index is 13.2. The summed E-state index contributed by atoms with van der Waals surface area (Å²) in [7, 11) is 0. The molecular weight excluding hydrogens is 436 g/mol. The van der Waals surface area contributed by atoms with Crippen molar-refractivity contribution in [1.82, 2.24) is 15.6 Å². The van der Waals surface area contributed by atoms with E-state index in [-0.39, 0.29) is 17.9 Å². The summed E-state index contributed by atoms with van der Waals surface area (Å²) in [6, 6.07) is 12.6. The molecular formula is C26H31ClN4O2. The van der Waals surface area contributed by atoms with Gasteiger partial charge in [0.05, 0.1) is 11.0 Å². The van der Waals surface area contributed by atoms with Crippen LogP contribution in [0.1, 0.15) is 68.3 Å². The molecule has 1 aromatic carbocycles. The van der Waals surface area contributed by atoms with Crippen molar-refractivity contribution in [3.8, 4) is 0 Å². The van der Waals surface area contributed by atoms with Crippen LogP contribution in [0.25, 0.3) is 0 Å². The molecule has 33 heavy (non-hydrogen) atoms. The summed E-state index contributed by atoms with van der Waals surface area (Å²) in [5.41, 5.74) is 0.948. The number of carbonyl (C=O) groups is 2. The molecule has 5 rings (SSSR count). The summed E-state index contributed by atoms with van der Waals surface area (Å²) in [4.78, 5) is 32.5. The minimum atomic E-state index is -0.626. The molecule has 6 nitrogen and oxygen atoms in total. The molecule has 7 heteroatoms. The quantitative estimate of drug-likeness (QED) is 0.668. The van der Waals surface area contributed by atoms with Gasteiger partial charge in [-0.05, 0) is 82.2 Å². The molecule has 3 heterocycles. The van der Waals surface area contributed by atoms with E-state index >= 15 is 0 Å². The number of piperidine rings is 1. The van der Waals surface area contributed by atoms with E-state index in [1.807, 2.05) is 50.2 Å². The number of aromatic nitrogens is 1. The number of anilines is 1. The van der Waals surface area contributed by atoms with Gasteiger partial charge >= 0.3 is 0 Å². The van der Waals surface area contributed by atoms with Crippen LogP contribution in [0.3, 0.4) is 0 Å². The lowest BCUT2D eigenvalue weighted by Gasteiger charge is -2.41. The first-order chi connectivity index (χ1) is 15.8. The molecule has 1 saturated carbocycles. The van der Waals surface area contributed by atoms with Gasteiger partial charge in [-0.3, -0.25) is 9.59 Å². The third-order valence-corrected chi connectivity index (χ3v) is 7.64. The largest absolute Gasteiger partial charge is 0.352 e. The van der Waals surface area contributed by atoms with Crippen molar-refractivity contribution in [3.63, 3.8) is 0 Å². The van der Waals surface area contributed by atoms with Crippen LogP contribution in [0.15, 0.2) is 42.6 Å². The van der Waals surface area contributed by atoms with Crippen molar-refractivity contribution in [2.45, 2.75) is 82.0 Å². The van der Waals surface area contributed by atoms with Crippen LogP contribution in [0.2, 0.25) is 5.02 Å². The summed E-state index contributed by atoms with van der Waals surface area (Å²) >= 11 is 6.02. The molecule has 2 saturated heterocycles. The Balaban J connectivity index is 1.22. The molecule has 1 aliphatic carbocycles. The van der Waals surface area contributed by atoms with Crippen molar-refractivity contribution in [3.05, 3.63) is 58.7 Å². The summed E-state index contributed by atoms with van der Waals surface area (Å²) < 4.78 is 0. The first-order valence-corrected chi connectivity index (χ1v) is 12.3. The molecule has 3 aliphatic rings. The van der Waals surface area contributed by atoms with Gasteiger partial charge in [0.15, 0.2) is 0 Å². The van der Waals surface area contributed by atoms with Crippen LogP contribution in [0.4, 0.5) is 5.82 Å². The Morgan fingerprint density at radius 2 is 1.61 bits per heavy atom. The minimum absolute atomic E-state index is 0.0377. The van der Waals surface area contributed by atoms with Gasteiger partial charge in [-0.25, -0.2) is 4.98 Å². The number of hydrogen-bond acceptors (Lipinski definition) is 4. The fraction of sp³-hybridized carbons (Fsp3) is 0.500. The fourth-order valence-electron chi connectivity index (χ4n) is 5.20. The van der Waals surface area contributed by atoms with E-state index in [2.05, 4.69) is 20.5 Å². The molecule has 174 valence electrons. The van der Waals surface area contributed by atoms with E-state index in [0.717, 1.165) is 49.9 Å². The monoisotopic (exact) mass is 466 g/mol. The smallest absolute Gasteiger partial charge is 0.253 e. The van der Waals surface area contributed by atoms with Gasteiger partial charge in [-0.2, -0.15) is 0 Å². The van der Waals surface area contributed by atoms with E-state index < -0.39 is 5.41 Å². The average Bonchev–Trinajstić information content (AvgIpc) is 3.57.